The van der Waals surface area contributed by atoms with Gasteiger partial charge in [-0.2, -0.15) is 18.2 Å². The third kappa shape index (κ3) is 4.03. The summed E-state index contributed by atoms with van der Waals surface area (Å²) in [6, 6.07) is 2.74. The summed E-state index contributed by atoms with van der Waals surface area (Å²) in [6.07, 6.45) is -4.06. The summed E-state index contributed by atoms with van der Waals surface area (Å²) >= 11 is 0. The van der Waals surface area contributed by atoms with Crippen LogP contribution in [0.15, 0.2) is 29.1 Å². The zero-order chi connectivity index (χ0) is 26.1. The van der Waals surface area contributed by atoms with Crippen molar-refractivity contribution in [2.75, 3.05) is 24.6 Å². The van der Waals surface area contributed by atoms with Gasteiger partial charge in [-0.15, -0.1) is 0 Å². The number of aromatic nitrogens is 2. The van der Waals surface area contributed by atoms with Crippen LogP contribution in [0, 0.1) is 11.6 Å². The standard InChI is InChI=1S/C25H21F5N4O3/c26-12-2-3-16(19(27)6-12)20-18(25(28,29)30)9-17-21-22(20)37-5-1-4-34(21)24(36)32-23(17)33-10-13-7-15(35)8-14(11-33)31-13/h2-3,6,9,13-14,31H,1,4-5,7-8,10-11H2. The fourth-order valence-corrected chi connectivity index (χ4v) is 5.66. The predicted molar refractivity (Wildman–Crippen MR) is 124 cm³/mol. The van der Waals surface area contributed by atoms with Crippen molar-refractivity contribution < 1.29 is 31.5 Å². The molecule has 2 aromatic carbocycles. The second kappa shape index (κ2) is 8.51. The van der Waals surface area contributed by atoms with E-state index in [1.54, 1.807) is 4.90 Å². The predicted octanol–water partition coefficient (Wildman–Crippen LogP) is 3.65. The van der Waals surface area contributed by atoms with Crippen LogP contribution in [0.5, 0.6) is 5.75 Å². The van der Waals surface area contributed by atoms with E-state index in [-0.39, 0.29) is 79.4 Å². The van der Waals surface area contributed by atoms with Gasteiger partial charge < -0.3 is 15.0 Å². The Kier molecular flexibility index (Phi) is 5.48. The molecule has 194 valence electrons. The fraction of sp³-hybridized carbons (Fsp3) is 0.400. The number of hydrogen-bond acceptors (Lipinski definition) is 6. The number of nitrogens with one attached hydrogen (secondary N) is 1. The largest absolute Gasteiger partial charge is 0.491 e. The molecule has 6 rings (SSSR count). The van der Waals surface area contributed by atoms with E-state index in [1.807, 2.05) is 0 Å². The summed E-state index contributed by atoms with van der Waals surface area (Å²) in [6.45, 7) is 0.690. The van der Waals surface area contributed by atoms with Gasteiger partial charge in [0.1, 0.15) is 23.2 Å². The SMILES string of the molecule is O=C1CC2CN(c3nc(=O)n4c5c(c(-c6ccc(F)cc6F)c(C(F)(F)F)cc35)OCCC4)CC(C1)N2. The maximum atomic E-state index is 14.9. The van der Waals surface area contributed by atoms with Crippen molar-refractivity contribution >= 4 is 22.5 Å². The summed E-state index contributed by atoms with van der Waals surface area (Å²) in [5.74, 6) is -2.25. The molecule has 37 heavy (non-hydrogen) atoms. The van der Waals surface area contributed by atoms with Gasteiger partial charge >= 0.3 is 11.9 Å². The summed E-state index contributed by atoms with van der Waals surface area (Å²) in [4.78, 5) is 31.1. The normalized spacial score (nSPS) is 21.6. The zero-order valence-electron chi connectivity index (χ0n) is 19.4. The summed E-state index contributed by atoms with van der Waals surface area (Å²) in [7, 11) is 0. The van der Waals surface area contributed by atoms with Crippen molar-refractivity contribution in [3.8, 4) is 16.9 Å². The number of Topliss-reactive ketones (excluding diaryl/α,β-unsaturated/α-hetero) is 1. The topological polar surface area (TPSA) is 76.5 Å². The molecule has 12 heteroatoms. The molecule has 0 spiro atoms. The average Bonchev–Trinajstić information content (AvgIpc) is 3.04. The highest BCUT2D eigenvalue weighted by Gasteiger charge is 2.40. The molecule has 0 saturated carbocycles. The number of carbonyl (C=O) groups is 1. The molecule has 0 aliphatic carbocycles. The number of carbonyl (C=O) groups excluding carboxylic acids is 1. The molecule has 7 nitrogen and oxygen atoms in total. The second-order valence-corrected chi connectivity index (χ2v) is 9.63. The monoisotopic (exact) mass is 520 g/mol. The quantitative estimate of drug-likeness (QED) is 0.520. The van der Waals surface area contributed by atoms with Crippen LogP contribution >= 0.6 is 0 Å². The molecule has 1 N–H and O–H groups in total. The van der Waals surface area contributed by atoms with Crippen LogP contribution in [-0.4, -0.2) is 47.1 Å². The van der Waals surface area contributed by atoms with Gasteiger partial charge in [-0.05, 0) is 24.6 Å². The minimum Gasteiger partial charge on any atom is -0.491 e. The van der Waals surface area contributed by atoms with Crippen LogP contribution < -0.4 is 20.6 Å². The number of piperazine rings is 1. The van der Waals surface area contributed by atoms with Gasteiger partial charge in [0.05, 0.1) is 17.7 Å². The molecule has 4 heterocycles. The molecule has 2 unspecified atom stereocenters. The lowest BCUT2D eigenvalue weighted by Gasteiger charge is -2.42. The minimum absolute atomic E-state index is 0.0113. The molecule has 1 aromatic heterocycles. The van der Waals surface area contributed by atoms with E-state index in [0.717, 1.165) is 18.2 Å². The number of aryl methyl sites for hydroxylation is 1. The second-order valence-electron chi connectivity index (χ2n) is 9.63. The van der Waals surface area contributed by atoms with Crippen molar-refractivity contribution in [1.82, 2.24) is 14.9 Å². The Morgan fingerprint density at radius 2 is 1.78 bits per heavy atom. The van der Waals surface area contributed by atoms with E-state index in [2.05, 4.69) is 10.3 Å². The van der Waals surface area contributed by atoms with Gasteiger partial charge in [-0.1, -0.05) is 0 Å². The minimum atomic E-state index is -4.93. The first-order valence-electron chi connectivity index (χ1n) is 11.9. The lowest BCUT2D eigenvalue weighted by molar-refractivity contribution is -0.137. The highest BCUT2D eigenvalue weighted by molar-refractivity contribution is 6.00. The number of alkyl halides is 3. The van der Waals surface area contributed by atoms with E-state index in [9.17, 15) is 31.5 Å². The van der Waals surface area contributed by atoms with Gasteiger partial charge in [0.2, 0.25) is 0 Å². The number of anilines is 1. The third-order valence-electron chi connectivity index (χ3n) is 7.08. The number of ketones is 1. The van der Waals surface area contributed by atoms with E-state index >= 15 is 0 Å². The number of nitrogens with zero attached hydrogens (tertiary/aromatic N) is 3. The molecular formula is C25H21F5N4O3. The van der Waals surface area contributed by atoms with Gasteiger partial charge in [0.15, 0.2) is 5.75 Å². The maximum Gasteiger partial charge on any atom is 0.417 e. The number of hydrogen-bond donors (Lipinski definition) is 1. The van der Waals surface area contributed by atoms with Crippen LogP contribution in [0.1, 0.15) is 24.8 Å². The Bertz CT molecular complexity index is 1490. The zero-order valence-corrected chi connectivity index (χ0v) is 19.4. The highest BCUT2D eigenvalue weighted by Crippen LogP contribution is 2.48. The lowest BCUT2D eigenvalue weighted by atomic mass is 9.92. The number of fused-ring (bicyclic) bond motifs is 2. The first kappa shape index (κ1) is 23.8. The van der Waals surface area contributed by atoms with Crippen molar-refractivity contribution in [2.45, 2.75) is 44.1 Å². The lowest BCUT2D eigenvalue weighted by Crippen LogP contribution is -2.61. The van der Waals surface area contributed by atoms with Gasteiger partial charge in [0, 0.05) is 67.1 Å². The summed E-state index contributed by atoms with van der Waals surface area (Å²) in [5.41, 5.74) is -2.84. The van der Waals surface area contributed by atoms with Gasteiger partial charge in [-0.3, -0.25) is 9.36 Å². The van der Waals surface area contributed by atoms with Gasteiger partial charge in [0.25, 0.3) is 0 Å². The van der Waals surface area contributed by atoms with Crippen LogP contribution in [0.25, 0.3) is 22.0 Å². The molecule has 3 aliphatic heterocycles. The summed E-state index contributed by atoms with van der Waals surface area (Å²) < 4.78 is 79.0. The Hall–Kier alpha value is -3.54. The molecule has 3 aromatic rings. The molecule has 3 aliphatic rings. The van der Waals surface area contributed by atoms with Gasteiger partial charge in [-0.25, -0.2) is 13.6 Å². The number of rotatable bonds is 2. The number of piperidine rings is 1. The Morgan fingerprint density at radius 3 is 2.46 bits per heavy atom. The van der Waals surface area contributed by atoms with Crippen molar-refractivity contribution in [1.29, 1.82) is 0 Å². The molecule has 0 amide bonds. The summed E-state index contributed by atoms with van der Waals surface area (Å²) in [5, 5.41) is 3.37. The first-order valence-corrected chi connectivity index (χ1v) is 11.9. The van der Waals surface area contributed by atoms with Crippen molar-refractivity contribution in [3.05, 3.63) is 51.9 Å². The van der Waals surface area contributed by atoms with E-state index in [1.165, 1.54) is 4.57 Å². The maximum absolute atomic E-state index is 14.9. The number of benzene rings is 2. The van der Waals surface area contributed by atoms with E-state index in [0.29, 0.717) is 12.5 Å². The smallest absolute Gasteiger partial charge is 0.417 e. The van der Waals surface area contributed by atoms with Crippen LogP contribution in [-0.2, 0) is 17.5 Å². The van der Waals surface area contributed by atoms with Crippen LogP contribution in [0.3, 0.4) is 0 Å². The molecule has 2 atom stereocenters. The van der Waals surface area contributed by atoms with Crippen molar-refractivity contribution in [3.63, 3.8) is 0 Å². The van der Waals surface area contributed by atoms with Crippen molar-refractivity contribution in [2.24, 2.45) is 0 Å². The van der Waals surface area contributed by atoms with E-state index in [4.69, 9.17) is 4.74 Å². The molecular weight excluding hydrogens is 499 g/mol. The third-order valence-corrected chi connectivity index (χ3v) is 7.08. The molecule has 2 fully saturated rings. The Morgan fingerprint density at radius 1 is 1.05 bits per heavy atom. The van der Waals surface area contributed by atoms with E-state index < -0.39 is 40.2 Å². The number of ether oxygens (including phenoxy) is 1. The van der Waals surface area contributed by atoms with Crippen LogP contribution in [0.2, 0.25) is 0 Å². The Labute approximate surface area is 206 Å². The fourth-order valence-electron chi connectivity index (χ4n) is 5.66. The average molecular weight is 520 g/mol. The molecule has 2 saturated heterocycles. The van der Waals surface area contributed by atoms with Crippen LogP contribution in [0.4, 0.5) is 27.8 Å². The highest BCUT2D eigenvalue weighted by atomic mass is 19.4. The first-order chi connectivity index (χ1) is 17.6. The number of halogens is 5. The molecule has 2 bridgehead atoms. The Balaban J connectivity index is 1.66. The molecule has 0 radical (unpaired) electrons.